The lowest BCUT2D eigenvalue weighted by molar-refractivity contribution is -0.150. The van der Waals surface area contributed by atoms with Crippen molar-refractivity contribution in [1.29, 1.82) is 0 Å². The third-order valence-corrected chi connectivity index (χ3v) is 7.18. The SMILES string of the molecule is COC(=O)CO/N=C(/C(=O)NC1C(=O)N2C(C(=O)O)=C(SC)CS[C@H]12)c1csc(N)n1. The number of aromatic nitrogens is 1. The molecule has 2 atom stereocenters. The topological polar surface area (TPSA) is 174 Å². The number of ether oxygens (including phenoxy) is 1. The van der Waals surface area contributed by atoms with Crippen LogP contribution in [-0.2, 0) is 28.8 Å². The molecule has 0 bridgehead atoms. The highest BCUT2D eigenvalue weighted by atomic mass is 32.2. The fraction of sp³-hybridized carbons (Fsp3) is 0.375. The minimum Gasteiger partial charge on any atom is -0.477 e. The van der Waals surface area contributed by atoms with E-state index in [1.807, 2.05) is 0 Å². The maximum Gasteiger partial charge on any atom is 0.353 e. The molecular weight excluding hydrogens is 470 g/mol. The third kappa shape index (κ3) is 4.62. The quantitative estimate of drug-likeness (QED) is 0.190. The molecule has 4 N–H and O–H groups in total. The first-order valence-corrected chi connectivity index (χ1v) is 11.7. The van der Waals surface area contributed by atoms with Crippen LogP contribution in [0.15, 0.2) is 21.1 Å². The molecule has 31 heavy (non-hydrogen) atoms. The second kappa shape index (κ2) is 9.57. The Morgan fingerprint density at radius 3 is 2.81 bits per heavy atom. The van der Waals surface area contributed by atoms with E-state index in [-0.39, 0.29) is 22.2 Å². The Balaban J connectivity index is 1.78. The molecule has 0 aliphatic carbocycles. The summed E-state index contributed by atoms with van der Waals surface area (Å²) in [6.45, 7) is -0.536. The number of carbonyl (C=O) groups is 4. The molecule has 0 spiro atoms. The van der Waals surface area contributed by atoms with E-state index in [0.717, 1.165) is 11.3 Å². The Hall–Kier alpha value is -2.78. The van der Waals surface area contributed by atoms with E-state index in [0.29, 0.717) is 10.7 Å². The fourth-order valence-electron chi connectivity index (χ4n) is 2.77. The Bertz CT molecular complexity index is 992. The molecule has 3 heterocycles. The maximum absolute atomic E-state index is 12.8. The molecule has 15 heteroatoms. The number of carboxylic acid groups (broad SMARTS) is 1. The van der Waals surface area contributed by atoms with Crippen LogP contribution in [0.4, 0.5) is 5.13 Å². The van der Waals surface area contributed by atoms with Gasteiger partial charge in [-0.1, -0.05) is 5.16 Å². The van der Waals surface area contributed by atoms with Gasteiger partial charge in [-0.25, -0.2) is 14.6 Å². The van der Waals surface area contributed by atoms with Crippen LogP contribution in [0.5, 0.6) is 0 Å². The summed E-state index contributed by atoms with van der Waals surface area (Å²) >= 11 is 3.66. The molecule has 0 radical (unpaired) electrons. The minimum absolute atomic E-state index is 0.0747. The lowest BCUT2D eigenvalue weighted by atomic mass is 10.0. The van der Waals surface area contributed by atoms with Crippen molar-refractivity contribution in [3.63, 3.8) is 0 Å². The minimum atomic E-state index is -1.20. The lowest BCUT2D eigenvalue weighted by Gasteiger charge is -2.49. The number of nitrogens with zero attached hydrogens (tertiary/aromatic N) is 3. The van der Waals surface area contributed by atoms with Crippen LogP contribution in [0, 0.1) is 0 Å². The van der Waals surface area contributed by atoms with Crippen LogP contribution >= 0.6 is 34.9 Å². The molecule has 2 aliphatic heterocycles. The molecule has 1 unspecified atom stereocenters. The van der Waals surface area contributed by atoms with E-state index in [2.05, 4.69) is 20.2 Å². The Morgan fingerprint density at radius 1 is 1.48 bits per heavy atom. The molecule has 1 aromatic heterocycles. The summed E-state index contributed by atoms with van der Waals surface area (Å²) in [5.41, 5.74) is 5.35. The molecule has 0 saturated carbocycles. The Labute approximate surface area is 188 Å². The van der Waals surface area contributed by atoms with Crippen LogP contribution in [0.3, 0.4) is 0 Å². The first-order valence-electron chi connectivity index (χ1n) is 8.52. The van der Waals surface area contributed by atoms with Crippen LogP contribution in [0.1, 0.15) is 5.69 Å². The van der Waals surface area contributed by atoms with E-state index >= 15 is 0 Å². The number of aliphatic carboxylic acids is 1. The molecule has 12 nitrogen and oxygen atoms in total. The van der Waals surface area contributed by atoms with Gasteiger partial charge in [0.15, 0.2) is 10.8 Å². The average molecular weight is 488 g/mol. The molecule has 0 aromatic carbocycles. The van der Waals surface area contributed by atoms with E-state index < -0.39 is 41.8 Å². The summed E-state index contributed by atoms with van der Waals surface area (Å²) in [6.07, 6.45) is 1.74. The zero-order valence-corrected chi connectivity index (χ0v) is 18.6. The number of carbonyl (C=O) groups excluding carboxylic acids is 3. The number of hydrogen-bond acceptors (Lipinski definition) is 12. The van der Waals surface area contributed by atoms with Crippen molar-refractivity contribution >= 4 is 69.5 Å². The predicted molar refractivity (Wildman–Crippen MR) is 114 cm³/mol. The van der Waals surface area contributed by atoms with E-state index in [4.69, 9.17) is 10.6 Å². The van der Waals surface area contributed by atoms with Crippen molar-refractivity contribution in [3.8, 4) is 0 Å². The zero-order chi connectivity index (χ0) is 22.7. The number of methoxy groups -OCH3 is 1. The zero-order valence-electron chi connectivity index (χ0n) is 16.2. The van der Waals surface area contributed by atoms with Gasteiger partial charge in [-0.3, -0.25) is 14.5 Å². The molecule has 3 rings (SSSR count). The van der Waals surface area contributed by atoms with Crippen LogP contribution in [-0.4, -0.2) is 81.6 Å². The number of rotatable bonds is 8. The summed E-state index contributed by atoms with van der Waals surface area (Å²) in [4.78, 5) is 58.9. The van der Waals surface area contributed by atoms with Crippen LogP contribution in [0.2, 0.25) is 0 Å². The first-order chi connectivity index (χ1) is 14.8. The van der Waals surface area contributed by atoms with E-state index in [9.17, 15) is 24.3 Å². The van der Waals surface area contributed by atoms with Crippen molar-refractivity contribution in [2.24, 2.45) is 5.16 Å². The number of nitrogen functional groups attached to an aromatic ring is 1. The average Bonchev–Trinajstić information content (AvgIpc) is 3.18. The van der Waals surface area contributed by atoms with Gasteiger partial charge in [0.25, 0.3) is 11.8 Å². The summed E-state index contributed by atoms with van der Waals surface area (Å²) < 4.78 is 4.44. The van der Waals surface area contributed by atoms with Crippen molar-refractivity contribution in [1.82, 2.24) is 15.2 Å². The van der Waals surface area contributed by atoms with Crippen molar-refractivity contribution in [3.05, 3.63) is 21.7 Å². The number of carboxylic acids is 1. The number of fused-ring (bicyclic) bond motifs is 1. The number of β-lactam (4-membered cyclic amide) rings is 1. The van der Waals surface area contributed by atoms with Gasteiger partial charge in [-0.05, 0) is 6.26 Å². The number of nitrogens with two attached hydrogens (primary N) is 1. The third-order valence-electron chi connectivity index (χ3n) is 4.21. The van der Waals surface area contributed by atoms with E-state index in [1.54, 1.807) is 6.26 Å². The first kappa shape index (κ1) is 22.9. The Morgan fingerprint density at radius 2 is 2.23 bits per heavy atom. The molecule has 166 valence electrons. The van der Waals surface area contributed by atoms with Gasteiger partial charge >= 0.3 is 11.9 Å². The van der Waals surface area contributed by atoms with Gasteiger partial charge in [0.2, 0.25) is 6.61 Å². The number of thiazole rings is 1. The van der Waals surface area contributed by atoms with Gasteiger partial charge in [-0.15, -0.1) is 34.9 Å². The standard InChI is InChI=1S/C16H17N5O7S3/c1-27-8(22)3-28-20-9(6-4-31-16(17)18-6)12(23)19-10-13(24)21-11(15(25)26)7(29-2)5-30-14(10)21/h4,10,14H,3,5H2,1-2H3,(H2,17,18)(H,19,23)(H,25,26)/b20-9+/t10?,14-/m1/s1. The van der Waals surface area contributed by atoms with Crippen molar-refractivity contribution in [2.45, 2.75) is 11.4 Å². The second-order valence-corrected chi connectivity index (χ2v) is 8.90. The number of amides is 2. The lowest BCUT2D eigenvalue weighted by Crippen LogP contribution is -2.71. The molecule has 1 fully saturated rings. The highest BCUT2D eigenvalue weighted by molar-refractivity contribution is 8.05. The van der Waals surface area contributed by atoms with Gasteiger partial charge in [-0.2, -0.15) is 0 Å². The highest BCUT2D eigenvalue weighted by Gasteiger charge is 2.54. The molecule has 1 aromatic rings. The molecule has 2 aliphatic rings. The number of anilines is 1. The molecule has 1 saturated heterocycles. The van der Waals surface area contributed by atoms with Crippen molar-refractivity contribution in [2.75, 3.05) is 31.5 Å². The van der Waals surface area contributed by atoms with Gasteiger partial charge in [0.05, 0.1) is 7.11 Å². The largest absolute Gasteiger partial charge is 0.477 e. The van der Waals surface area contributed by atoms with E-state index in [1.165, 1.54) is 40.9 Å². The summed E-state index contributed by atoms with van der Waals surface area (Å²) in [5.74, 6) is -2.85. The van der Waals surface area contributed by atoms with Gasteiger partial charge in [0, 0.05) is 16.0 Å². The summed E-state index contributed by atoms with van der Waals surface area (Å²) in [6, 6.07) is -0.961. The second-order valence-electron chi connectivity index (χ2n) is 6.00. The summed E-state index contributed by atoms with van der Waals surface area (Å²) in [7, 11) is 1.17. The summed E-state index contributed by atoms with van der Waals surface area (Å²) in [5, 5.41) is 16.8. The molecular formula is C16H17N5O7S3. The maximum atomic E-state index is 12.8. The van der Waals surface area contributed by atoms with Crippen molar-refractivity contribution < 1.29 is 33.9 Å². The monoisotopic (exact) mass is 487 g/mol. The number of esters is 1. The van der Waals surface area contributed by atoms with Gasteiger partial charge < -0.3 is 25.7 Å². The predicted octanol–water partition coefficient (Wildman–Crippen LogP) is -0.322. The smallest absolute Gasteiger partial charge is 0.353 e. The van der Waals surface area contributed by atoms with Crippen LogP contribution in [0.25, 0.3) is 0 Å². The molecule has 2 amide bonds. The number of oxime groups is 1. The number of thioether (sulfide) groups is 2. The number of nitrogens with one attached hydrogen (secondary N) is 1. The highest BCUT2D eigenvalue weighted by Crippen LogP contribution is 2.42. The normalized spacial score (nSPS) is 20.6. The van der Waals surface area contributed by atoms with Crippen LogP contribution < -0.4 is 11.1 Å². The Kier molecular flexibility index (Phi) is 7.07. The fourth-order valence-corrected chi connectivity index (χ4v) is 5.56. The number of hydrogen-bond donors (Lipinski definition) is 3. The van der Waals surface area contributed by atoms with Gasteiger partial charge in [0.1, 0.15) is 22.8 Å².